The number of morpholine rings is 1. The van der Waals surface area contributed by atoms with Crippen LogP contribution in [0.1, 0.15) is 36.0 Å². The van der Waals surface area contributed by atoms with Gasteiger partial charge in [0.05, 0.1) is 24.3 Å². The fraction of sp³-hybridized carbons (Fsp3) is 0.467. The molecule has 0 radical (unpaired) electrons. The number of hydrogen-bond donors (Lipinski definition) is 0. The molecular formula is C30H34N4O4. The Morgan fingerprint density at radius 2 is 1.66 bits per heavy atom. The Morgan fingerprint density at radius 1 is 0.868 bits per heavy atom. The van der Waals surface area contributed by atoms with Crippen LogP contribution in [0.3, 0.4) is 0 Å². The van der Waals surface area contributed by atoms with Gasteiger partial charge >= 0.3 is 0 Å². The molecule has 3 aromatic rings. The summed E-state index contributed by atoms with van der Waals surface area (Å²) in [7, 11) is 0. The van der Waals surface area contributed by atoms with Gasteiger partial charge in [0.1, 0.15) is 5.82 Å². The van der Waals surface area contributed by atoms with Crippen LogP contribution >= 0.6 is 0 Å². The quantitative estimate of drug-likeness (QED) is 0.506. The van der Waals surface area contributed by atoms with Crippen LogP contribution in [0.25, 0.3) is 22.0 Å². The first kappa shape index (κ1) is 23.7. The van der Waals surface area contributed by atoms with Crippen molar-refractivity contribution < 1.29 is 19.0 Å². The maximum Gasteiger partial charge on any atom is 0.254 e. The number of aromatic nitrogens is 1. The number of benzene rings is 2. The largest absolute Gasteiger partial charge is 0.454 e. The van der Waals surface area contributed by atoms with Crippen LogP contribution in [0.5, 0.6) is 11.5 Å². The highest BCUT2D eigenvalue weighted by atomic mass is 16.7. The van der Waals surface area contributed by atoms with Crippen LogP contribution in [-0.4, -0.2) is 86.0 Å². The van der Waals surface area contributed by atoms with E-state index in [4.69, 9.17) is 19.2 Å². The summed E-state index contributed by atoms with van der Waals surface area (Å²) >= 11 is 0. The minimum Gasteiger partial charge on any atom is -0.454 e. The number of ether oxygens (including phenoxy) is 3. The van der Waals surface area contributed by atoms with Gasteiger partial charge in [-0.3, -0.25) is 4.79 Å². The molecule has 4 aliphatic heterocycles. The monoisotopic (exact) mass is 514 g/mol. The lowest BCUT2D eigenvalue weighted by molar-refractivity contribution is 0.0710. The Hall–Kier alpha value is -3.36. The summed E-state index contributed by atoms with van der Waals surface area (Å²) in [5.41, 5.74) is 3.64. The second-order valence-electron chi connectivity index (χ2n) is 10.7. The van der Waals surface area contributed by atoms with Crippen molar-refractivity contribution >= 4 is 22.6 Å². The molecule has 3 saturated heterocycles. The highest BCUT2D eigenvalue weighted by molar-refractivity contribution is 6.08. The van der Waals surface area contributed by atoms with E-state index in [1.165, 1.54) is 12.8 Å². The molecule has 1 atom stereocenters. The first-order valence-corrected chi connectivity index (χ1v) is 13.9. The molecular weight excluding hydrogens is 480 g/mol. The Morgan fingerprint density at radius 3 is 2.53 bits per heavy atom. The molecule has 5 heterocycles. The minimum absolute atomic E-state index is 0.122. The summed E-state index contributed by atoms with van der Waals surface area (Å²) in [5.74, 6) is 2.49. The van der Waals surface area contributed by atoms with Crippen LogP contribution in [-0.2, 0) is 4.74 Å². The van der Waals surface area contributed by atoms with Crippen molar-refractivity contribution in [3.05, 3.63) is 48.0 Å². The number of likely N-dealkylation sites (tertiary alicyclic amines) is 2. The number of nitrogens with zero attached hydrogens (tertiary/aromatic N) is 4. The summed E-state index contributed by atoms with van der Waals surface area (Å²) in [4.78, 5) is 26.2. The van der Waals surface area contributed by atoms with Crippen LogP contribution in [0, 0.1) is 0 Å². The predicted molar refractivity (Wildman–Crippen MR) is 146 cm³/mol. The second kappa shape index (κ2) is 10.1. The molecule has 0 spiro atoms. The Balaban J connectivity index is 1.28. The summed E-state index contributed by atoms with van der Waals surface area (Å²) in [6.07, 6.45) is 4.67. The molecule has 0 saturated carbocycles. The van der Waals surface area contributed by atoms with E-state index in [-0.39, 0.29) is 18.7 Å². The average Bonchev–Trinajstić information content (AvgIpc) is 3.75. The molecule has 8 nitrogen and oxygen atoms in total. The van der Waals surface area contributed by atoms with Gasteiger partial charge in [-0.25, -0.2) is 4.98 Å². The van der Waals surface area contributed by atoms with Crippen molar-refractivity contribution in [2.24, 2.45) is 0 Å². The van der Waals surface area contributed by atoms with E-state index in [0.717, 1.165) is 97.0 Å². The lowest BCUT2D eigenvalue weighted by atomic mass is 9.99. The summed E-state index contributed by atoms with van der Waals surface area (Å²) < 4.78 is 16.7. The third kappa shape index (κ3) is 4.46. The van der Waals surface area contributed by atoms with Crippen LogP contribution in [0.2, 0.25) is 0 Å². The van der Waals surface area contributed by atoms with Crippen LogP contribution in [0.4, 0.5) is 5.82 Å². The van der Waals surface area contributed by atoms with Gasteiger partial charge in [0.25, 0.3) is 5.91 Å². The van der Waals surface area contributed by atoms with E-state index >= 15 is 0 Å². The summed E-state index contributed by atoms with van der Waals surface area (Å²) in [6.45, 7) is 7.26. The van der Waals surface area contributed by atoms with E-state index in [1.807, 2.05) is 30.3 Å². The second-order valence-corrected chi connectivity index (χ2v) is 10.7. The van der Waals surface area contributed by atoms with Crippen molar-refractivity contribution in [2.75, 3.05) is 64.2 Å². The predicted octanol–water partition coefficient (Wildman–Crippen LogP) is 4.17. The summed E-state index contributed by atoms with van der Waals surface area (Å²) in [6, 6.07) is 14.5. The Kier molecular flexibility index (Phi) is 6.29. The third-order valence-corrected chi connectivity index (χ3v) is 8.37. The van der Waals surface area contributed by atoms with Crippen molar-refractivity contribution in [2.45, 2.75) is 31.7 Å². The van der Waals surface area contributed by atoms with Crippen LogP contribution < -0.4 is 14.4 Å². The van der Waals surface area contributed by atoms with E-state index in [1.54, 1.807) is 0 Å². The van der Waals surface area contributed by atoms with Gasteiger partial charge < -0.3 is 28.9 Å². The molecule has 7 rings (SSSR count). The van der Waals surface area contributed by atoms with Crippen molar-refractivity contribution in [3.8, 4) is 22.6 Å². The van der Waals surface area contributed by atoms with Gasteiger partial charge in [0.2, 0.25) is 6.79 Å². The van der Waals surface area contributed by atoms with E-state index in [2.05, 4.69) is 26.8 Å². The van der Waals surface area contributed by atoms with Crippen molar-refractivity contribution in [1.82, 2.24) is 14.8 Å². The zero-order valence-corrected chi connectivity index (χ0v) is 21.7. The normalized spacial score (nSPS) is 21.5. The maximum absolute atomic E-state index is 14.3. The number of rotatable bonds is 5. The smallest absolute Gasteiger partial charge is 0.254 e. The number of carbonyl (C=O) groups is 1. The highest BCUT2D eigenvalue weighted by Crippen LogP contribution is 2.37. The molecule has 8 heteroatoms. The Bertz CT molecular complexity index is 1350. The van der Waals surface area contributed by atoms with Crippen LogP contribution in [0.15, 0.2) is 42.5 Å². The van der Waals surface area contributed by atoms with E-state index in [9.17, 15) is 4.79 Å². The van der Waals surface area contributed by atoms with Gasteiger partial charge in [-0.1, -0.05) is 12.1 Å². The third-order valence-electron chi connectivity index (χ3n) is 8.37. The summed E-state index contributed by atoms with van der Waals surface area (Å²) in [5, 5.41) is 0.897. The fourth-order valence-corrected chi connectivity index (χ4v) is 6.31. The molecule has 0 bridgehead atoms. The molecule has 1 amide bonds. The van der Waals surface area contributed by atoms with E-state index < -0.39 is 0 Å². The first-order chi connectivity index (χ1) is 18.7. The highest BCUT2D eigenvalue weighted by Gasteiger charge is 2.33. The standard InChI is InChI=1S/C30H34N4O4/c35-30(34-11-3-4-23(34)19-32-9-1-2-10-32)25-18-29(33-12-14-36-15-13-33)31-26-7-5-21(16-24(25)26)22-6-8-27-28(17-22)38-20-37-27/h5-8,16-18,23H,1-4,9-15,19-20H2/t23-/m0/s1. The molecule has 2 aromatic carbocycles. The molecule has 198 valence electrons. The first-order valence-electron chi connectivity index (χ1n) is 13.9. The molecule has 0 aliphatic carbocycles. The lowest BCUT2D eigenvalue weighted by Crippen LogP contribution is -2.42. The minimum atomic E-state index is 0.122. The molecule has 3 fully saturated rings. The molecule has 0 N–H and O–H groups in total. The number of anilines is 1. The molecule has 38 heavy (non-hydrogen) atoms. The maximum atomic E-state index is 14.3. The zero-order chi connectivity index (χ0) is 25.5. The molecule has 0 unspecified atom stereocenters. The van der Waals surface area contributed by atoms with Gasteiger partial charge in [-0.2, -0.15) is 0 Å². The Labute approximate surface area is 223 Å². The molecule has 4 aliphatic rings. The zero-order valence-electron chi connectivity index (χ0n) is 21.7. The van der Waals surface area contributed by atoms with Crippen molar-refractivity contribution in [3.63, 3.8) is 0 Å². The van der Waals surface area contributed by atoms with Gasteiger partial charge in [0, 0.05) is 37.6 Å². The van der Waals surface area contributed by atoms with E-state index in [0.29, 0.717) is 13.2 Å². The SMILES string of the molecule is O=C(c1cc(N2CCOCC2)nc2ccc(-c3ccc4c(c3)OCO4)cc12)N1CCC[C@H]1CN1CCCC1. The van der Waals surface area contributed by atoms with Gasteiger partial charge in [-0.15, -0.1) is 0 Å². The number of amides is 1. The van der Waals surface area contributed by atoms with Gasteiger partial charge in [-0.05, 0) is 80.2 Å². The number of hydrogen-bond acceptors (Lipinski definition) is 7. The fourth-order valence-electron chi connectivity index (χ4n) is 6.31. The lowest BCUT2D eigenvalue weighted by Gasteiger charge is -2.30. The topological polar surface area (TPSA) is 67.4 Å². The van der Waals surface area contributed by atoms with Crippen molar-refractivity contribution in [1.29, 1.82) is 0 Å². The number of fused-ring (bicyclic) bond motifs is 2. The van der Waals surface area contributed by atoms with Gasteiger partial charge in [0.15, 0.2) is 11.5 Å². The number of pyridine rings is 1. The molecule has 1 aromatic heterocycles. The average molecular weight is 515 g/mol. The number of carbonyl (C=O) groups excluding carboxylic acids is 1.